The van der Waals surface area contributed by atoms with Crippen molar-refractivity contribution in [3.8, 4) is 0 Å². The normalized spacial score (nSPS) is 12.8. The molecule has 0 rings (SSSR count). The van der Waals surface area contributed by atoms with Crippen LogP contribution in [-0.2, 0) is 4.79 Å². The van der Waals surface area contributed by atoms with Crippen molar-refractivity contribution in [1.29, 1.82) is 0 Å². The summed E-state index contributed by atoms with van der Waals surface area (Å²) in [6.07, 6.45) is 4.94. The van der Waals surface area contributed by atoms with Gasteiger partial charge in [-0.3, -0.25) is 4.79 Å². The monoisotopic (exact) mass is 228 g/mol. The number of amides is 1. The minimum Gasteiger partial charge on any atom is -0.355 e. The first kappa shape index (κ1) is 15.4. The van der Waals surface area contributed by atoms with Crippen LogP contribution < -0.4 is 10.6 Å². The highest BCUT2D eigenvalue weighted by Crippen LogP contribution is 2.02. The van der Waals surface area contributed by atoms with Crippen LogP contribution in [0.15, 0.2) is 0 Å². The smallest absolute Gasteiger partial charge is 0.233 e. The minimum atomic E-state index is 0.107. The summed E-state index contributed by atoms with van der Waals surface area (Å²) in [5.74, 6) is 0.627. The van der Waals surface area contributed by atoms with Crippen molar-refractivity contribution in [2.75, 3.05) is 13.1 Å². The Morgan fingerprint density at radius 3 is 2.44 bits per heavy atom. The summed E-state index contributed by atoms with van der Waals surface area (Å²) in [6.45, 7) is 9.76. The molecular weight excluding hydrogens is 200 g/mol. The first-order valence-electron chi connectivity index (χ1n) is 6.56. The molecule has 1 amide bonds. The third-order valence-electron chi connectivity index (χ3n) is 2.56. The zero-order chi connectivity index (χ0) is 12.4. The molecule has 2 N–H and O–H groups in total. The summed E-state index contributed by atoms with van der Waals surface area (Å²) in [7, 11) is 0. The maximum Gasteiger partial charge on any atom is 0.233 e. The Morgan fingerprint density at radius 2 is 1.88 bits per heavy atom. The predicted octanol–water partition coefficient (Wildman–Crippen LogP) is 2.32. The second-order valence-electron chi connectivity index (χ2n) is 4.98. The number of unbranched alkanes of at least 4 members (excludes halogenated alkanes) is 2. The predicted molar refractivity (Wildman–Crippen MR) is 69.5 cm³/mol. The summed E-state index contributed by atoms with van der Waals surface area (Å²) in [5.41, 5.74) is 0. The van der Waals surface area contributed by atoms with Crippen LogP contribution in [0.4, 0.5) is 0 Å². The van der Waals surface area contributed by atoms with Crippen LogP contribution in [-0.4, -0.2) is 25.0 Å². The van der Waals surface area contributed by atoms with Gasteiger partial charge in [-0.1, -0.05) is 40.0 Å². The maximum absolute atomic E-state index is 11.4. The SMILES string of the molecule is CCCCCC(C)NCC(=O)NCC(C)C. The van der Waals surface area contributed by atoms with Crippen LogP contribution in [0.3, 0.4) is 0 Å². The first-order chi connectivity index (χ1) is 7.56. The van der Waals surface area contributed by atoms with E-state index in [2.05, 4.69) is 38.3 Å². The Morgan fingerprint density at radius 1 is 1.19 bits per heavy atom. The fraction of sp³-hybridized carbons (Fsp3) is 0.923. The van der Waals surface area contributed by atoms with Gasteiger partial charge in [0.05, 0.1) is 6.54 Å². The highest BCUT2D eigenvalue weighted by Gasteiger charge is 2.05. The van der Waals surface area contributed by atoms with Crippen molar-refractivity contribution in [1.82, 2.24) is 10.6 Å². The van der Waals surface area contributed by atoms with E-state index in [1.165, 1.54) is 19.3 Å². The van der Waals surface area contributed by atoms with Gasteiger partial charge in [-0.15, -0.1) is 0 Å². The van der Waals surface area contributed by atoms with Gasteiger partial charge in [-0.2, -0.15) is 0 Å². The van der Waals surface area contributed by atoms with Gasteiger partial charge in [0.2, 0.25) is 5.91 Å². The van der Waals surface area contributed by atoms with E-state index in [4.69, 9.17) is 0 Å². The number of nitrogens with one attached hydrogen (secondary N) is 2. The van der Waals surface area contributed by atoms with E-state index in [-0.39, 0.29) is 5.91 Å². The summed E-state index contributed by atoms with van der Waals surface area (Å²) < 4.78 is 0. The Hall–Kier alpha value is -0.570. The van der Waals surface area contributed by atoms with Gasteiger partial charge in [0.25, 0.3) is 0 Å². The maximum atomic E-state index is 11.4. The minimum absolute atomic E-state index is 0.107. The molecule has 0 heterocycles. The van der Waals surface area contributed by atoms with Gasteiger partial charge < -0.3 is 10.6 Å². The van der Waals surface area contributed by atoms with Crippen molar-refractivity contribution in [2.45, 2.75) is 59.4 Å². The van der Waals surface area contributed by atoms with Gasteiger partial charge in [0.1, 0.15) is 0 Å². The van der Waals surface area contributed by atoms with Crippen molar-refractivity contribution >= 4 is 5.91 Å². The Labute approximate surface area is 100 Å². The Bertz CT molecular complexity index is 181. The van der Waals surface area contributed by atoms with Crippen LogP contribution in [0.1, 0.15) is 53.4 Å². The average Bonchev–Trinajstić information content (AvgIpc) is 2.24. The van der Waals surface area contributed by atoms with Gasteiger partial charge in [0.15, 0.2) is 0 Å². The van der Waals surface area contributed by atoms with Crippen molar-refractivity contribution in [3.63, 3.8) is 0 Å². The van der Waals surface area contributed by atoms with E-state index in [1.807, 2.05) is 0 Å². The lowest BCUT2D eigenvalue weighted by Gasteiger charge is -2.14. The molecular formula is C13H28N2O. The molecule has 16 heavy (non-hydrogen) atoms. The average molecular weight is 228 g/mol. The molecule has 1 unspecified atom stereocenters. The fourth-order valence-corrected chi connectivity index (χ4v) is 1.45. The van der Waals surface area contributed by atoms with E-state index in [1.54, 1.807) is 0 Å². The van der Waals surface area contributed by atoms with E-state index in [0.29, 0.717) is 18.5 Å². The van der Waals surface area contributed by atoms with Gasteiger partial charge in [0, 0.05) is 12.6 Å². The van der Waals surface area contributed by atoms with Gasteiger partial charge in [-0.05, 0) is 19.3 Å². The molecule has 3 heteroatoms. The number of carbonyl (C=O) groups is 1. The van der Waals surface area contributed by atoms with E-state index >= 15 is 0 Å². The molecule has 0 saturated heterocycles. The lowest BCUT2D eigenvalue weighted by atomic mass is 10.1. The number of hydrogen-bond donors (Lipinski definition) is 2. The topological polar surface area (TPSA) is 41.1 Å². The summed E-state index contributed by atoms with van der Waals surface area (Å²) in [4.78, 5) is 11.4. The first-order valence-corrected chi connectivity index (χ1v) is 6.56. The third kappa shape index (κ3) is 9.97. The molecule has 0 aromatic heterocycles. The van der Waals surface area contributed by atoms with Crippen LogP contribution in [0.5, 0.6) is 0 Å². The highest BCUT2D eigenvalue weighted by molar-refractivity contribution is 5.77. The van der Waals surface area contributed by atoms with Crippen molar-refractivity contribution < 1.29 is 4.79 Å². The molecule has 0 aliphatic heterocycles. The highest BCUT2D eigenvalue weighted by atomic mass is 16.1. The molecule has 0 aliphatic carbocycles. The third-order valence-corrected chi connectivity index (χ3v) is 2.56. The molecule has 0 aromatic carbocycles. The van der Waals surface area contributed by atoms with E-state index in [0.717, 1.165) is 13.0 Å². The standard InChI is InChI=1S/C13H28N2O/c1-5-6-7-8-12(4)14-10-13(16)15-9-11(2)3/h11-12,14H,5-10H2,1-4H3,(H,15,16). The Balaban J connectivity index is 3.43. The van der Waals surface area contributed by atoms with Crippen molar-refractivity contribution in [2.24, 2.45) is 5.92 Å². The van der Waals surface area contributed by atoms with Crippen LogP contribution in [0.2, 0.25) is 0 Å². The molecule has 0 aliphatic rings. The van der Waals surface area contributed by atoms with Crippen LogP contribution >= 0.6 is 0 Å². The lowest BCUT2D eigenvalue weighted by molar-refractivity contribution is -0.120. The molecule has 0 aromatic rings. The second-order valence-corrected chi connectivity index (χ2v) is 4.98. The van der Waals surface area contributed by atoms with Gasteiger partial charge >= 0.3 is 0 Å². The van der Waals surface area contributed by atoms with Gasteiger partial charge in [-0.25, -0.2) is 0 Å². The lowest BCUT2D eigenvalue weighted by Crippen LogP contribution is -2.39. The summed E-state index contributed by atoms with van der Waals surface area (Å²) in [6, 6.07) is 0.441. The van der Waals surface area contributed by atoms with E-state index < -0.39 is 0 Å². The van der Waals surface area contributed by atoms with Crippen LogP contribution in [0.25, 0.3) is 0 Å². The number of hydrogen-bond acceptors (Lipinski definition) is 2. The number of rotatable bonds is 9. The molecule has 96 valence electrons. The van der Waals surface area contributed by atoms with Crippen LogP contribution in [0, 0.1) is 5.92 Å². The summed E-state index contributed by atoms with van der Waals surface area (Å²) >= 11 is 0. The Kier molecular flexibility index (Phi) is 9.30. The zero-order valence-corrected chi connectivity index (χ0v) is 11.3. The number of carbonyl (C=O) groups excluding carboxylic acids is 1. The molecule has 0 spiro atoms. The quantitative estimate of drug-likeness (QED) is 0.595. The molecule has 0 saturated carbocycles. The van der Waals surface area contributed by atoms with Crippen molar-refractivity contribution in [3.05, 3.63) is 0 Å². The molecule has 0 bridgehead atoms. The molecule has 0 radical (unpaired) electrons. The second kappa shape index (κ2) is 9.64. The molecule has 1 atom stereocenters. The molecule has 3 nitrogen and oxygen atoms in total. The zero-order valence-electron chi connectivity index (χ0n) is 11.3. The largest absolute Gasteiger partial charge is 0.355 e. The van der Waals surface area contributed by atoms with E-state index in [9.17, 15) is 4.79 Å². The summed E-state index contributed by atoms with van der Waals surface area (Å²) in [5, 5.41) is 6.16. The molecule has 0 fully saturated rings. The fourth-order valence-electron chi connectivity index (χ4n) is 1.45.